The molecule has 0 spiro atoms. The van der Waals surface area contributed by atoms with Gasteiger partial charge in [-0.1, -0.05) is 6.92 Å². The Hall–Kier alpha value is -0.570. The number of carbonyl (C=O) groups excluding carboxylic acids is 1. The third-order valence-electron chi connectivity index (χ3n) is 2.08. The van der Waals surface area contributed by atoms with E-state index in [1.54, 1.807) is 0 Å². The van der Waals surface area contributed by atoms with Crippen LogP contribution in [0.5, 0.6) is 0 Å². The zero-order valence-corrected chi connectivity index (χ0v) is 7.82. The van der Waals surface area contributed by atoms with Crippen LogP contribution in [0.2, 0.25) is 0 Å². The fourth-order valence-corrected chi connectivity index (χ4v) is 1.24. The fraction of sp³-hybridized carbons (Fsp3) is 0.889. The molecule has 0 aromatic carbocycles. The van der Waals surface area contributed by atoms with Crippen molar-refractivity contribution in [3.63, 3.8) is 0 Å². The first kappa shape index (κ1) is 11.4. The summed E-state index contributed by atoms with van der Waals surface area (Å²) in [4.78, 5) is 8.95. The molecule has 0 atom stereocenters. The van der Waals surface area contributed by atoms with Crippen LogP contribution < -0.4 is 0 Å². The lowest BCUT2D eigenvalue weighted by molar-refractivity contribution is -0.126. The van der Waals surface area contributed by atoms with Gasteiger partial charge in [0.25, 0.3) is 6.47 Å². The molecule has 72 valence electrons. The zero-order chi connectivity index (χ0) is 9.40. The smallest absolute Gasteiger partial charge is 0.292 e. The van der Waals surface area contributed by atoms with E-state index in [0.717, 1.165) is 18.8 Å². The number of aliphatic hydroxyl groups excluding tert-OH is 1. The zero-order valence-electron chi connectivity index (χ0n) is 7.82. The maximum absolute atomic E-state index is 9.03. The van der Waals surface area contributed by atoms with E-state index in [1.165, 1.54) is 20.0 Å². The first-order valence-corrected chi connectivity index (χ1v) is 4.35. The number of methoxy groups -OCH3 is 1. The first-order chi connectivity index (χ1) is 5.70. The molecule has 1 aliphatic rings. The van der Waals surface area contributed by atoms with Gasteiger partial charge in [-0.15, -0.1) is 0 Å². The van der Waals surface area contributed by atoms with Crippen molar-refractivity contribution >= 4 is 6.47 Å². The van der Waals surface area contributed by atoms with Crippen molar-refractivity contribution in [3.8, 4) is 0 Å². The van der Waals surface area contributed by atoms with Crippen molar-refractivity contribution in [2.75, 3.05) is 7.11 Å². The number of ether oxygens (including phenoxy) is 1. The average molecular weight is 174 g/mol. The van der Waals surface area contributed by atoms with Crippen molar-refractivity contribution in [2.24, 2.45) is 5.92 Å². The minimum Gasteiger partial charge on any atom is -0.471 e. The van der Waals surface area contributed by atoms with Gasteiger partial charge in [-0.05, 0) is 31.6 Å². The van der Waals surface area contributed by atoms with Gasteiger partial charge >= 0.3 is 0 Å². The summed E-state index contributed by atoms with van der Waals surface area (Å²) in [7, 11) is 1.31. The first-order valence-electron chi connectivity index (χ1n) is 4.35. The molecule has 0 aromatic heterocycles. The molecule has 1 aliphatic carbocycles. The lowest BCUT2D eigenvalue weighted by Crippen LogP contribution is -2.15. The van der Waals surface area contributed by atoms with Crippen molar-refractivity contribution in [1.29, 1.82) is 0 Å². The van der Waals surface area contributed by atoms with Crippen LogP contribution in [0, 0.1) is 5.92 Å². The molecule has 0 radical (unpaired) electrons. The summed E-state index contributed by atoms with van der Waals surface area (Å²) in [6, 6.07) is 0. The molecular formula is C9H18O3. The standard InChI is InChI=1S/C7H14O.C2H4O2/c1-6-2-4-7(8)5-3-6;1-4-2-3/h6-8H,2-5H2,1H3;2H,1H3. The Morgan fingerprint density at radius 3 is 2.00 bits per heavy atom. The molecule has 3 nitrogen and oxygen atoms in total. The predicted octanol–water partition coefficient (Wildman–Crippen LogP) is 1.35. The largest absolute Gasteiger partial charge is 0.471 e. The quantitative estimate of drug-likeness (QED) is 0.610. The lowest BCUT2D eigenvalue weighted by atomic mass is 9.89. The normalized spacial score (nSPS) is 28.2. The Morgan fingerprint density at radius 1 is 1.33 bits per heavy atom. The van der Waals surface area contributed by atoms with Crippen LogP contribution in [-0.2, 0) is 9.53 Å². The molecule has 0 heterocycles. The number of hydrogen-bond acceptors (Lipinski definition) is 3. The molecule has 0 aromatic rings. The Kier molecular flexibility index (Phi) is 6.76. The highest BCUT2D eigenvalue weighted by atomic mass is 16.5. The topological polar surface area (TPSA) is 46.5 Å². The monoisotopic (exact) mass is 174 g/mol. The highest BCUT2D eigenvalue weighted by molar-refractivity contribution is 5.36. The number of rotatable bonds is 1. The fourth-order valence-electron chi connectivity index (χ4n) is 1.24. The minimum atomic E-state index is 0.0196. The van der Waals surface area contributed by atoms with E-state index in [2.05, 4.69) is 11.7 Å². The molecule has 1 N–H and O–H groups in total. The predicted molar refractivity (Wildman–Crippen MR) is 46.7 cm³/mol. The third kappa shape index (κ3) is 6.16. The summed E-state index contributed by atoms with van der Waals surface area (Å²) >= 11 is 0. The van der Waals surface area contributed by atoms with E-state index in [4.69, 9.17) is 9.90 Å². The maximum atomic E-state index is 9.03. The van der Waals surface area contributed by atoms with E-state index < -0.39 is 0 Å². The molecule has 0 unspecified atom stereocenters. The van der Waals surface area contributed by atoms with Crippen LogP contribution in [0.4, 0.5) is 0 Å². The second-order valence-electron chi connectivity index (χ2n) is 3.25. The molecule has 0 amide bonds. The minimum absolute atomic E-state index is 0.0196. The highest BCUT2D eigenvalue weighted by Crippen LogP contribution is 2.22. The lowest BCUT2D eigenvalue weighted by Gasteiger charge is -2.21. The van der Waals surface area contributed by atoms with Crippen LogP contribution in [0.1, 0.15) is 32.6 Å². The van der Waals surface area contributed by atoms with Gasteiger partial charge < -0.3 is 9.84 Å². The molecule has 0 aliphatic heterocycles. The van der Waals surface area contributed by atoms with Crippen molar-refractivity contribution in [3.05, 3.63) is 0 Å². The van der Waals surface area contributed by atoms with Crippen LogP contribution >= 0.6 is 0 Å². The second-order valence-corrected chi connectivity index (χ2v) is 3.25. The SMILES string of the molecule is CC1CCC(O)CC1.COC=O. The van der Waals surface area contributed by atoms with Gasteiger partial charge in [0.15, 0.2) is 0 Å². The second kappa shape index (κ2) is 7.10. The van der Waals surface area contributed by atoms with E-state index in [0.29, 0.717) is 6.47 Å². The molecule has 0 saturated heterocycles. The number of carbonyl (C=O) groups is 1. The highest BCUT2D eigenvalue weighted by Gasteiger charge is 2.14. The molecule has 1 rings (SSSR count). The van der Waals surface area contributed by atoms with Crippen LogP contribution in [0.15, 0.2) is 0 Å². The summed E-state index contributed by atoms with van der Waals surface area (Å²) in [5.41, 5.74) is 0. The van der Waals surface area contributed by atoms with Crippen LogP contribution in [0.3, 0.4) is 0 Å². The summed E-state index contributed by atoms with van der Waals surface area (Å²) in [6.07, 6.45) is 4.52. The van der Waals surface area contributed by atoms with Crippen molar-refractivity contribution in [1.82, 2.24) is 0 Å². The molecule has 0 bridgehead atoms. The molecule has 1 fully saturated rings. The van der Waals surface area contributed by atoms with E-state index in [9.17, 15) is 0 Å². The van der Waals surface area contributed by atoms with E-state index >= 15 is 0 Å². The Labute approximate surface area is 73.7 Å². The number of aliphatic hydroxyl groups is 1. The van der Waals surface area contributed by atoms with Gasteiger partial charge in [0, 0.05) is 0 Å². The molecule has 12 heavy (non-hydrogen) atoms. The molecule has 3 heteroatoms. The Morgan fingerprint density at radius 2 is 1.75 bits per heavy atom. The van der Waals surface area contributed by atoms with Crippen molar-refractivity contribution < 1.29 is 14.6 Å². The van der Waals surface area contributed by atoms with Crippen molar-refractivity contribution in [2.45, 2.75) is 38.7 Å². The Bertz CT molecular complexity index is 96.3. The summed E-state index contributed by atoms with van der Waals surface area (Å²) in [5.74, 6) is 0.860. The van der Waals surface area contributed by atoms with E-state index in [1.807, 2.05) is 0 Å². The third-order valence-corrected chi connectivity index (χ3v) is 2.08. The van der Waals surface area contributed by atoms with Gasteiger partial charge in [-0.2, -0.15) is 0 Å². The Balaban J connectivity index is 0.000000261. The van der Waals surface area contributed by atoms with Gasteiger partial charge in [0.2, 0.25) is 0 Å². The van der Waals surface area contributed by atoms with Gasteiger partial charge in [-0.25, -0.2) is 0 Å². The summed E-state index contributed by atoms with van der Waals surface area (Å²) in [6.45, 7) is 2.63. The molecule has 1 saturated carbocycles. The van der Waals surface area contributed by atoms with Crippen LogP contribution in [-0.4, -0.2) is 24.8 Å². The summed E-state index contributed by atoms with van der Waals surface area (Å²) < 4.78 is 3.86. The van der Waals surface area contributed by atoms with Gasteiger partial charge in [0.1, 0.15) is 0 Å². The molecular weight excluding hydrogens is 156 g/mol. The average Bonchev–Trinajstić information content (AvgIpc) is 2.11. The summed E-state index contributed by atoms with van der Waals surface area (Å²) in [5, 5.41) is 9.03. The van der Waals surface area contributed by atoms with E-state index in [-0.39, 0.29) is 6.10 Å². The maximum Gasteiger partial charge on any atom is 0.292 e. The van der Waals surface area contributed by atoms with Crippen LogP contribution in [0.25, 0.3) is 0 Å². The van der Waals surface area contributed by atoms with Gasteiger partial charge in [0.05, 0.1) is 13.2 Å². The van der Waals surface area contributed by atoms with Gasteiger partial charge in [-0.3, -0.25) is 4.79 Å². The number of hydrogen-bond donors (Lipinski definition) is 1.